The number of methoxy groups -OCH3 is 1. The molecular weight excluding hydrogens is 247 g/mol. The number of carbonyl (C=O) groups excluding carboxylic acids is 1. The van der Waals surface area contributed by atoms with Crippen molar-refractivity contribution in [1.82, 2.24) is 0 Å². The Morgan fingerprint density at radius 1 is 1.00 bits per heavy atom. The zero-order valence-corrected chi connectivity index (χ0v) is 10.3. The van der Waals surface area contributed by atoms with E-state index in [0.29, 0.717) is 5.56 Å². The number of hydrogen-bond donors (Lipinski definition) is 0. The van der Waals surface area contributed by atoms with Crippen LogP contribution in [0, 0.1) is 0 Å². The first-order valence-corrected chi connectivity index (χ1v) is 4.39. The molecule has 0 heterocycles. The number of rotatable bonds is 1. The van der Waals surface area contributed by atoms with Gasteiger partial charge in [0.2, 0.25) is 0 Å². The van der Waals surface area contributed by atoms with E-state index < -0.39 is 0 Å². The van der Waals surface area contributed by atoms with E-state index in [0.717, 1.165) is 10.8 Å². The number of carbonyl (C=O) groups is 1. The van der Waals surface area contributed by atoms with Gasteiger partial charge in [0, 0.05) is 0 Å². The van der Waals surface area contributed by atoms with E-state index in [2.05, 4.69) is 0 Å². The Labute approximate surface area is 106 Å². The van der Waals surface area contributed by atoms with E-state index in [1.54, 1.807) is 6.07 Å². The summed E-state index contributed by atoms with van der Waals surface area (Å²) in [5, 5.41) is 1.98. The Balaban J connectivity index is 0.00000112. The summed E-state index contributed by atoms with van der Waals surface area (Å²) in [6.07, 6.45) is 0. The average molecular weight is 259 g/mol. The number of hydrogen-bond acceptors (Lipinski definition) is 2. The molecule has 0 saturated heterocycles. The molecule has 0 atom stereocenters. The zero-order valence-electron chi connectivity index (χ0n) is 8.67. The van der Waals surface area contributed by atoms with E-state index in [4.69, 9.17) is 4.74 Å². The van der Waals surface area contributed by atoms with Crippen LogP contribution in [0.25, 0.3) is 10.8 Å². The van der Waals surface area contributed by atoms with Gasteiger partial charge in [0.1, 0.15) is 0 Å². The second-order valence-corrected chi connectivity index (χ2v) is 3.02. The SMILES string of the molecule is COC(=O)c1cccc2ccccc12.Cl.Cl. The minimum atomic E-state index is -0.290. The maximum absolute atomic E-state index is 11.4. The lowest BCUT2D eigenvalue weighted by Gasteiger charge is -2.03. The van der Waals surface area contributed by atoms with E-state index in [1.807, 2.05) is 36.4 Å². The standard InChI is InChI=1S/C12H10O2.2ClH/c1-14-12(13)11-8-4-6-9-5-2-3-7-10(9)11;;/h2-8H,1H3;2*1H. The monoisotopic (exact) mass is 258 g/mol. The molecule has 4 heteroatoms. The van der Waals surface area contributed by atoms with Crippen molar-refractivity contribution in [3.8, 4) is 0 Å². The number of fused-ring (bicyclic) bond motifs is 1. The highest BCUT2D eigenvalue weighted by Crippen LogP contribution is 2.18. The lowest BCUT2D eigenvalue weighted by Crippen LogP contribution is -2.01. The topological polar surface area (TPSA) is 26.3 Å². The van der Waals surface area contributed by atoms with E-state index >= 15 is 0 Å². The number of ether oxygens (including phenoxy) is 1. The highest BCUT2D eigenvalue weighted by atomic mass is 35.5. The molecule has 0 spiro atoms. The van der Waals surface area contributed by atoms with Crippen LogP contribution in [0.4, 0.5) is 0 Å². The Bertz CT molecular complexity index is 478. The summed E-state index contributed by atoms with van der Waals surface area (Å²) >= 11 is 0. The first-order chi connectivity index (χ1) is 6.83. The van der Waals surface area contributed by atoms with Crippen molar-refractivity contribution in [1.29, 1.82) is 0 Å². The summed E-state index contributed by atoms with van der Waals surface area (Å²) < 4.78 is 4.71. The van der Waals surface area contributed by atoms with E-state index in [9.17, 15) is 4.79 Å². The predicted molar refractivity (Wildman–Crippen MR) is 69.8 cm³/mol. The molecule has 0 aliphatic heterocycles. The van der Waals surface area contributed by atoms with Crippen molar-refractivity contribution < 1.29 is 9.53 Å². The molecule has 0 aromatic heterocycles. The molecule has 0 aliphatic rings. The minimum absolute atomic E-state index is 0. The van der Waals surface area contributed by atoms with Gasteiger partial charge >= 0.3 is 5.97 Å². The van der Waals surface area contributed by atoms with Gasteiger partial charge in [-0.1, -0.05) is 36.4 Å². The summed E-state index contributed by atoms with van der Waals surface area (Å²) in [5.74, 6) is -0.290. The molecular formula is C12H12Cl2O2. The molecule has 0 amide bonds. The molecule has 0 radical (unpaired) electrons. The van der Waals surface area contributed by atoms with Crippen LogP contribution < -0.4 is 0 Å². The highest BCUT2D eigenvalue weighted by molar-refractivity contribution is 6.04. The quantitative estimate of drug-likeness (QED) is 0.733. The van der Waals surface area contributed by atoms with Gasteiger partial charge in [0.25, 0.3) is 0 Å². The Morgan fingerprint density at radius 3 is 2.31 bits per heavy atom. The molecule has 0 bridgehead atoms. The first kappa shape index (κ1) is 14.8. The lowest BCUT2D eigenvalue weighted by molar-refractivity contribution is 0.0603. The van der Waals surface area contributed by atoms with Crippen molar-refractivity contribution in [3.63, 3.8) is 0 Å². The molecule has 0 fully saturated rings. The molecule has 0 unspecified atom stereocenters. The van der Waals surface area contributed by atoms with Crippen molar-refractivity contribution >= 4 is 41.6 Å². The van der Waals surface area contributed by atoms with Crippen molar-refractivity contribution in [2.75, 3.05) is 7.11 Å². The number of esters is 1. The summed E-state index contributed by atoms with van der Waals surface area (Å²) in [5.41, 5.74) is 0.616. The van der Waals surface area contributed by atoms with E-state index in [-0.39, 0.29) is 30.8 Å². The number of benzene rings is 2. The van der Waals surface area contributed by atoms with Crippen LogP contribution in [0.2, 0.25) is 0 Å². The average Bonchev–Trinajstić information content (AvgIpc) is 2.27. The Hall–Kier alpha value is -1.25. The number of halogens is 2. The summed E-state index contributed by atoms with van der Waals surface area (Å²) in [7, 11) is 1.39. The van der Waals surface area contributed by atoms with Crippen molar-refractivity contribution in [2.45, 2.75) is 0 Å². The minimum Gasteiger partial charge on any atom is -0.465 e. The molecule has 0 aliphatic carbocycles. The molecule has 86 valence electrons. The van der Waals surface area contributed by atoms with Crippen LogP contribution >= 0.6 is 24.8 Å². The van der Waals surface area contributed by atoms with Crippen LogP contribution in [0.15, 0.2) is 42.5 Å². The Morgan fingerprint density at radius 2 is 1.62 bits per heavy atom. The predicted octanol–water partition coefficient (Wildman–Crippen LogP) is 3.47. The van der Waals surface area contributed by atoms with Gasteiger partial charge < -0.3 is 4.74 Å². The molecule has 2 nitrogen and oxygen atoms in total. The maximum Gasteiger partial charge on any atom is 0.338 e. The molecule has 2 rings (SSSR count). The maximum atomic E-state index is 11.4. The second kappa shape index (κ2) is 6.36. The van der Waals surface area contributed by atoms with Gasteiger partial charge in [0.15, 0.2) is 0 Å². The van der Waals surface area contributed by atoms with Gasteiger partial charge in [-0.25, -0.2) is 4.79 Å². The third kappa shape index (κ3) is 2.65. The Kier molecular flexibility index (Phi) is 5.86. The van der Waals surface area contributed by atoms with Crippen LogP contribution in [-0.4, -0.2) is 13.1 Å². The normalized spacial score (nSPS) is 8.81. The second-order valence-electron chi connectivity index (χ2n) is 3.02. The summed E-state index contributed by atoms with van der Waals surface area (Å²) in [4.78, 5) is 11.4. The summed E-state index contributed by atoms with van der Waals surface area (Å²) in [6.45, 7) is 0. The van der Waals surface area contributed by atoms with Crippen LogP contribution in [0.5, 0.6) is 0 Å². The van der Waals surface area contributed by atoms with Gasteiger partial charge in [-0.3, -0.25) is 0 Å². The molecule has 16 heavy (non-hydrogen) atoms. The van der Waals surface area contributed by atoms with Crippen molar-refractivity contribution in [3.05, 3.63) is 48.0 Å². The molecule has 2 aromatic carbocycles. The van der Waals surface area contributed by atoms with Crippen molar-refractivity contribution in [2.24, 2.45) is 0 Å². The largest absolute Gasteiger partial charge is 0.465 e. The smallest absolute Gasteiger partial charge is 0.338 e. The van der Waals surface area contributed by atoms with Crippen LogP contribution in [0.1, 0.15) is 10.4 Å². The van der Waals surface area contributed by atoms with Gasteiger partial charge in [-0.15, -0.1) is 24.8 Å². The third-order valence-corrected chi connectivity index (χ3v) is 2.19. The third-order valence-electron chi connectivity index (χ3n) is 2.19. The van der Waals surface area contributed by atoms with Gasteiger partial charge in [-0.2, -0.15) is 0 Å². The van der Waals surface area contributed by atoms with E-state index in [1.165, 1.54) is 7.11 Å². The fourth-order valence-electron chi connectivity index (χ4n) is 1.51. The fourth-order valence-corrected chi connectivity index (χ4v) is 1.51. The van der Waals surface area contributed by atoms with Gasteiger partial charge in [0.05, 0.1) is 12.7 Å². The lowest BCUT2D eigenvalue weighted by atomic mass is 10.1. The fraction of sp³-hybridized carbons (Fsp3) is 0.0833. The first-order valence-electron chi connectivity index (χ1n) is 4.39. The van der Waals surface area contributed by atoms with Crippen LogP contribution in [0.3, 0.4) is 0 Å². The molecule has 0 N–H and O–H groups in total. The molecule has 0 saturated carbocycles. The highest BCUT2D eigenvalue weighted by Gasteiger charge is 2.08. The van der Waals surface area contributed by atoms with Crippen LogP contribution in [-0.2, 0) is 4.74 Å². The summed E-state index contributed by atoms with van der Waals surface area (Å²) in [6, 6.07) is 13.4. The molecule has 2 aromatic rings. The zero-order chi connectivity index (χ0) is 9.97. The van der Waals surface area contributed by atoms with Gasteiger partial charge in [-0.05, 0) is 16.8 Å².